The molecule has 0 amide bonds. The number of hydrogen-bond acceptors (Lipinski definition) is 4. The van der Waals surface area contributed by atoms with Crippen LogP contribution in [0.15, 0.2) is 18.3 Å². The lowest BCUT2D eigenvalue weighted by Gasteiger charge is -2.34. The van der Waals surface area contributed by atoms with Gasteiger partial charge in [0, 0.05) is 13.1 Å². The number of rotatable bonds is 4. The summed E-state index contributed by atoms with van der Waals surface area (Å²) in [5, 5.41) is 0. The monoisotopic (exact) mass is 323 g/mol. The fourth-order valence-corrected chi connectivity index (χ4v) is 3.84. The summed E-state index contributed by atoms with van der Waals surface area (Å²) in [6.07, 6.45) is 4.66. The SMILES string of the molecule is Clc1ccc(-c2cnc(C3COCCN3CC3CC3)[nH]2)s1. The van der Waals surface area contributed by atoms with Gasteiger partial charge in [0.05, 0.1) is 40.4 Å². The number of thiophene rings is 1. The second kappa shape index (κ2) is 5.72. The Hall–Kier alpha value is -0.880. The van der Waals surface area contributed by atoms with Crippen LogP contribution in [0.5, 0.6) is 0 Å². The summed E-state index contributed by atoms with van der Waals surface area (Å²) >= 11 is 7.58. The Morgan fingerprint density at radius 1 is 1.43 bits per heavy atom. The van der Waals surface area contributed by atoms with Gasteiger partial charge in [-0.05, 0) is 30.9 Å². The van der Waals surface area contributed by atoms with E-state index in [0.29, 0.717) is 0 Å². The van der Waals surface area contributed by atoms with Gasteiger partial charge in [-0.2, -0.15) is 0 Å². The van der Waals surface area contributed by atoms with E-state index in [4.69, 9.17) is 16.3 Å². The van der Waals surface area contributed by atoms with E-state index in [1.165, 1.54) is 19.4 Å². The van der Waals surface area contributed by atoms with Gasteiger partial charge in [-0.25, -0.2) is 4.98 Å². The molecule has 0 bridgehead atoms. The summed E-state index contributed by atoms with van der Waals surface area (Å²) in [5.74, 6) is 1.89. The van der Waals surface area contributed by atoms with Crippen molar-refractivity contribution in [1.29, 1.82) is 0 Å². The van der Waals surface area contributed by atoms with E-state index < -0.39 is 0 Å². The van der Waals surface area contributed by atoms with Gasteiger partial charge in [-0.3, -0.25) is 4.90 Å². The second-order valence-corrected chi connectivity index (χ2v) is 7.53. The van der Waals surface area contributed by atoms with E-state index in [-0.39, 0.29) is 6.04 Å². The van der Waals surface area contributed by atoms with Crippen molar-refractivity contribution >= 4 is 22.9 Å². The van der Waals surface area contributed by atoms with E-state index in [1.807, 2.05) is 18.3 Å². The number of nitrogens with zero attached hydrogens (tertiary/aromatic N) is 2. The summed E-state index contributed by atoms with van der Waals surface area (Å²) in [6.45, 7) is 3.74. The molecule has 0 radical (unpaired) electrons. The maximum atomic E-state index is 6.01. The highest BCUT2D eigenvalue weighted by Gasteiger charge is 2.32. The molecule has 2 aromatic heterocycles. The summed E-state index contributed by atoms with van der Waals surface area (Å²) in [6, 6.07) is 4.21. The van der Waals surface area contributed by atoms with Crippen LogP contribution < -0.4 is 0 Å². The molecule has 1 unspecified atom stereocenters. The van der Waals surface area contributed by atoms with Gasteiger partial charge < -0.3 is 9.72 Å². The fraction of sp³-hybridized carbons (Fsp3) is 0.533. The molecule has 0 spiro atoms. The lowest BCUT2D eigenvalue weighted by atomic mass is 10.2. The first-order valence-electron chi connectivity index (χ1n) is 7.42. The molecular formula is C15H18ClN3OS. The molecule has 4 rings (SSSR count). The quantitative estimate of drug-likeness (QED) is 0.935. The second-order valence-electron chi connectivity index (χ2n) is 5.81. The molecule has 1 N–H and O–H groups in total. The van der Waals surface area contributed by atoms with E-state index in [9.17, 15) is 0 Å². The van der Waals surface area contributed by atoms with Gasteiger partial charge in [-0.15, -0.1) is 11.3 Å². The summed E-state index contributed by atoms with van der Waals surface area (Å²) in [5.41, 5.74) is 1.04. The number of imidazole rings is 1. The number of aromatic nitrogens is 2. The van der Waals surface area contributed by atoms with Crippen LogP contribution >= 0.6 is 22.9 Å². The minimum Gasteiger partial charge on any atom is -0.378 e. The average molecular weight is 324 g/mol. The standard InChI is InChI=1S/C15H18ClN3OS/c16-14-4-3-13(21-14)11-7-17-15(18-11)12-9-20-6-5-19(12)8-10-1-2-10/h3-4,7,10,12H,1-2,5-6,8-9H2,(H,17,18). The highest BCUT2D eigenvalue weighted by Crippen LogP contribution is 2.34. The first kappa shape index (κ1) is 13.8. The van der Waals surface area contributed by atoms with Crippen molar-refractivity contribution in [3.8, 4) is 10.6 Å². The van der Waals surface area contributed by atoms with Crippen molar-refractivity contribution in [1.82, 2.24) is 14.9 Å². The van der Waals surface area contributed by atoms with Crippen LogP contribution in [-0.4, -0.2) is 41.2 Å². The van der Waals surface area contributed by atoms with Crippen LogP contribution in [0.1, 0.15) is 24.7 Å². The predicted molar refractivity (Wildman–Crippen MR) is 84.8 cm³/mol. The molecule has 1 aliphatic heterocycles. The molecule has 0 aromatic carbocycles. The zero-order valence-electron chi connectivity index (χ0n) is 11.7. The molecule has 6 heteroatoms. The fourth-order valence-electron chi connectivity index (χ4n) is 2.83. The molecule has 112 valence electrons. The Kier molecular flexibility index (Phi) is 3.75. The van der Waals surface area contributed by atoms with Crippen molar-refractivity contribution in [3.63, 3.8) is 0 Å². The van der Waals surface area contributed by atoms with Gasteiger partial charge >= 0.3 is 0 Å². The Balaban J connectivity index is 1.55. The van der Waals surface area contributed by atoms with Gasteiger partial charge in [0.1, 0.15) is 5.82 Å². The average Bonchev–Trinajstić information content (AvgIpc) is 3.01. The van der Waals surface area contributed by atoms with Crippen molar-refractivity contribution < 1.29 is 4.74 Å². The smallest absolute Gasteiger partial charge is 0.126 e. The highest BCUT2D eigenvalue weighted by atomic mass is 35.5. The molecule has 1 saturated carbocycles. The number of H-pyrrole nitrogens is 1. The number of nitrogens with one attached hydrogen (secondary N) is 1. The van der Waals surface area contributed by atoms with Crippen LogP contribution in [0.25, 0.3) is 10.6 Å². The molecule has 1 aliphatic carbocycles. The Morgan fingerprint density at radius 3 is 3.10 bits per heavy atom. The van der Waals surface area contributed by atoms with Crippen LogP contribution in [-0.2, 0) is 4.74 Å². The summed E-state index contributed by atoms with van der Waals surface area (Å²) in [7, 11) is 0. The molecule has 1 saturated heterocycles. The Bertz CT molecular complexity index is 622. The normalized spacial score (nSPS) is 23.6. The zero-order chi connectivity index (χ0) is 14.2. The van der Waals surface area contributed by atoms with Gasteiger partial charge in [0.15, 0.2) is 0 Å². The molecule has 21 heavy (non-hydrogen) atoms. The molecular weight excluding hydrogens is 306 g/mol. The first-order valence-corrected chi connectivity index (χ1v) is 8.61. The largest absolute Gasteiger partial charge is 0.378 e. The molecule has 2 fully saturated rings. The van der Waals surface area contributed by atoms with Crippen molar-refractivity contribution in [2.45, 2.75) is 18.9 Å². The maximum absolute atomic E-state index is 6.01. The summed E-state index contributed by atoms with van der Waals surface area (Å²) in [4.78, 5) is 11.7. The molecule has 1 atom stereocenters. The lowest BCUT2D eigenvalue weighted by molar-refractivity contribution is -0.0134. The van der Waals surface area contributed by atoms with Crippen LogP contribution in [0.2, 0.25) is 4.34 Å². The van der Waals surface area contributed by atoms with E-state index >= 15 is 0 Å². The number of aromatic amines is 1. The van der Waals surface area contributed by atoms with Crippen molar-refractivity contribution in [2.75, 3.05) is 26.3 Å². The maximum Gasteiger partial charge on any atom is 0.126 e. The highest BCUT2D eigenvalue weighted by molar-refractivity contribution is 7.19. The van der Waals surface area contributed by atoms with E-state index in [1.54, 1.807) is 11.3 Å². The number of halogens is 1. The Labute approximate surface area is 133 Å². The predicted octanol–water partition coefficient (Wildman–Crippen LogP) is 3.57. The molecule has 2 aliphatic rings. The molecule has 2 aromatic rings. The zero-order valence-corrected chi connectivity index (χ0v) is 13.3. The minimum absolute atomic E-state index is 0.253. The third kappa shape index (κ3) is 3.01. The van der Waals surface area contributed by atoms with E-state index in [0.717, 1.165) is 46.4 Å². The lowest BCUT2D eigenvalue weighted by Crippen LogP contribution is -2.41. The Morgan fingerprint density at radius 2 is 2.33 bits per heavy atom. The van der Waals surface area contributed by atoms with Gasteiger partial charge in [-0.1, -0.05) is 11.6 Å². The number of hydrogen-bond donors (Lipinski definition) is 1. The minimum atomic E-state index is 0.253. The summed E-state index contributed by atoms with van der Waals surface area (Å²) < 4.78 is 6.47. The number of ether oxygens (including phenoxy) is 1. The first-order chi connectivity index (χ1) is 10.3. The van der Waals surface area contributed by atoms with Gasteiger partial charge in [0.2, 0.25) is 0 Å². The topological polar surface area (TPSA) is 41.1 Å². The van der Waals surface area contributed by atoms with Crippen molar-refractivity contribution in [2.24, 2.45) is 5.92 Å². The van der Waals surface area contributed by atoms with Crippen molar-refractivity contribution in [3.05, 3.63) is 28.5 Å². The molecule has 4 nitrogen and oxygen atoms in total. The van der Waals surface area contributed by atoms with Crippen LogP contribution in [0, 0.1) is 5.92 Å². The molecule has 3 heterocycles. The van der Waals surface area contributed by atoms with Crippen LogP contribution in [0.3, 0.4) is 0 Å². The van der Waals surface area contributed by atoms with Crippen LogP contribution in [0.4, 0.5) is 0 Å². The number of morpholine rings is 1. The third-order valence-corrected chi connectivity index (χ3v) is 5.44. The van der Waals surface area contributed by atoms with E-state index in [2.05, 4.69) is 14.9 Å². The third-order valence-electron chi connectivity index (χ3n) is 4.18. The van der Waals surface area contributed by atoms with Gasteiger partial charge in [0.25, 0.3) is 0 Å².